The summed E-state index contributed by atoms with van der Waals surface area (Å²) < 4.78 is 0. The number of aryl methyl sites for hydroxylation is 1. The monoisotopic (exact) mass is 369 g/mol. The van der Waals surface area contributed by atoms with Crippen molar-refractivity contribution in [2.75, 3.05) is 5.32 Å². The average Bonchev–Trinajstić information content (AvgIpc) is 2.58. The Labute approximate surface area is 157 Å². The molecule has 2 rings (SSSR count). The molecule has 1 aromatic carbocycles. The van der Waals surface area contributed by atoms with E-state index in [1.807, 2.05) is 19.9 Å². The molecule has 2 aromatic rings. The van der Waals surface area contributed by atoms with Crippen LogP contribution in [0.15, 0.2) is 36.4 Å². The second-order valence-corrected chi connectivity index (χ2v) is 6.66. The van der Waals surface area contributed by atoms with Crippen LogP contribution in [0, 0.1) is 12.8 Å². The number of hydrogen-bond acceptors (Lipinski definition) is 4. The number of anilines is 1. The van der Waals surface area contributed by atoms with Crippen molar-refractivity contribution in [2.24, 2.45) is 5.92 Å². The molecule has 2 amide bonds. The highest BCUT2D eigenvalue weighted by molar-refractivity contribution is 5.94. The Balaban J connectivity index is 1.99. The van der Waals surface area contributed by atoms with Crippen molar-refractivity contribution < 1.29 is 19.5 Å². The molecule has 0 spiro atoms. The highest BCUT2D eigenvalue weighted by atomic mass is 16.4. The zero-order chi connectivity index (χ0) is 20.0. The lowest BCUT2D eigenvalue weighted by Crippen LogP contribution is -2.24. The summed E-state index contributed by atoms with van der Waals surface area (Å²) in [5.41, 5.74) is 2.00. The van der Waals surface area contributed by atoms with Gasteiger partial charge in [0.25, 0.3) is 5.91 Å². The summed E-state index contributed by atoms with van der Waals surface area (Å²) in [4.78, 5) is 39.2. The Morgan fingerprint density at radius 1 is 1.15 bits per heavy atom. The minimum Gasteiger partial charge on any atom is -0.478 e. The normalized spacial score (nSPS) is 10.5. The predicted octanol–water partition coefficient (Wildman–Crippen LogP) is 3.00. The van der Waals surface area contributed by atoms with E-state index in [1.165, 1.54) is 12.1 Å². The maximum absolute atomic E-state index is 12.2. The van der Waals surface area contributed by atoms with Gasteiger partial charge in [-0.2, -0.15) is 0 Å². The number of rotatable bonds is 7. The van der Waals surface area contributed by atoms with Crippen LogP contribution in [0.25, 0.3) is 0 Å². The fraction of sp³-hybridized carbons (Fsp3) is 0.300. The van der Waals surface area contributed by atoms with Crippen molar-refractivity contribution in [2.45, 2.75) is 33.7 Å². The number of pyridine rings is 1. The van der Waals surface area contributed by atoms with Gasteiger partial charge < -0.3 is 15.7 Å². The number of benzene rings is 1. The van der Waals surface area contributed by atoms with Crippen LogP contribution in [0.1, 0.15) is 52.4 Å². The number of aromatic carboxylic acids is 1. The van der Waals surface area contributed by atoms with Gasteiger partial charge in [0, 0.05) is 18.7 Å². The molecule has 1 aromatic heterocycles. The Morgan fingerprint density at radius 2 is 1.89 bits per heavy atom. The molecule has 3 N–H and O–H groups in total. The average molecular weight is 369 g/mol. The van der Waals surface area contributed by atoms with Crippen molar-refractivity contribution in [1.29, 1.82) is 0 Å². The molecule has 7 nitrogen and oxygen atoms in total. The summed E-state index contributed by atoms with van der Waals surface area (Å²) in [5, 5.41) is 14.6. The SMILES string of the molecule is Cc1nc(C(=O)NCc2cccc(NC(=O)CC(C)C)c2)ccc1C(=O)O. The largest absolute Gasteiger partial charge is 0.478 e. The highest BCUT2D eigenvalue weighted by Gasteiger charge is 2.13. The Hall–Kier alpha value is -3.22. The molecule has 0 radical (unpaired) electrons. The van der Waals surface area contributed by atoms with Gasteiger partial charge in [-0.25, -0.2) is 9.78 Å². The predicted molar refractivity (Wildman–Crippen MR) is 102 cm³/mol. The number of nitrogens with zero attached hydrogens (tertiary/aromatic N) is 1. The van der Waals surface area contributed by atoms with Gasteiger partial charge in [0.2, 0.25) is 5.91 Å². The minimum absolute atomic E-state index is 0.0515. The van der Waals surface area contributed by atoms with E-state index in [-0.39, 0.29) is 35.3 Å². The van der Waals surface area contributed by atoms with Gasteiger partial charge in [-0.3, -0.25) is 9.59 Å². The highest BCUT2D eigenvalue weighted by Crippen LogP contribution is 2.13. The second-order valence-electron chi connectivity index (χ2n) is 6.66. The molecule has 0 aliphatic rings. The molecular formula is C20H23N3O4. The van der Waals surface area contributed by atoms with Gasteiger partial charge >= 0.3 is 5.97 Å². The van der Waals surface area contributed by atoms with Crippen molar-refractivity contribution >= 4 is 23.5 Å². The zero-order valence-corrected chi connectivity index (χ0v) is 15.6. The van der Waals surface area contributed by atoms with Gasteiger partial charge in [-0.15, -0.1) is 0 Å². The fourth-order valence-electron chi connectivity index (χ4n) is 2.53. The molecular weight excluding hydrogens is 346 g/mol. The van der Waals surface area contributed by atoms with Crippen molar-refractivity contribution in [3.63, 3.8) is 0 Å². The van der Waals surface area contributed by atoms with Crippen LogP contribution >= 0.6 is 0 Å². The van der Waals surface area contributed by atoms with Gasteiger partial charge in [0.15, 0.2) is 0 Å². The lowest BCUT2D eigenvalue weighted by molar-refractivity contribution is -0.116. The van der Waals surface area contributed by atoms with E-state index in [0.29, 0.717) is 12.1 Å². The minimum atomic E-state index is -1.08. The number of carbonyl (C=O) groups is 3. The van der Waals surface area contributed by atoms with E-state index in [0.717, 1.165) is 5.56 Å². The van der Waals surface area contributed by atoms with Crippen LogP contribution < -0.4 is 10.6 Å². The van der Waals surface area contributed by atoms with Crippen LogP contribution in [0.2, 0.25) is 0 Å². The van der Waals surface area contributed by atoms with Crippen LogP contribution in [0.5, 0.6) is 0 Å². The van der Waals surface area contributed by atoms with E-state index in [4.69, 9.17) is 5.11 Å². The summed E-state index contributed by atoms with van der Waals surface area (Å²) in [6, 6.07) is 9.98. The molecule has 0 fully saturated rings. The molecule has 0 saturated carbocycles. The van der Waals surface area contributed by atoms with Crippen molar-refractivity contribution in [3.05, 3.63) is 58.9 Å². The third kappa shape index (κ3) is 5.91. The Morgan fingerprint density at radius 3 is 2.52 bits per heavy atom. The number of carboxylic acid groups (broad SMARTS) is 1. The fourth-order valence-corrected chi connectivity index (χ4v) is 2.53. The van der Waals surface area contributed by atoms with E-state index >= 15 is 0 Å². The number of nitrogens with one attached hydrogen (secondary N) is 2. The third-order valence-electron chi connectivity index (χ3n) is 3.81. The molecule has 7 heteroatoms. The number of carbonyl (C=O) groups excluding carboxylic acids is 2. The van der Waals surface area contributed by atoms with Gasteiger partial charge in [0.05, 0.1) is 11.3 Å². The molecule has 0 unspecified atom stereocenters. The molecule has 0 aliphatic heterocycles. The van der Waals surface area contributed by atoms with Crippen molar-refractivity contribution in [1.82, 2.24) is 10.3 Å². The van der Waals surface area contributed by atoms with E-state index < -0.39 is 11.9 Å². The van der Waals surface area contributed by atoms with E-state index in [9.17, 15) is 14.4 Å². The Bertz CT molecular complexity index is 862. The first-order valence-corrected chi connectivity index (χ1v) is 8.64. The first-order chi connectivity index (χ1) is 12.8. The molecule has 27 heavy (non-hydrogen) atoms. The molecule has 0 atom stereocenters. The number of amides is 2. The second kappa shape index (κ2) is 8.93. The van der Waals surface area contributed by atoms with Gasteiger partial charge in [-0.05, 0) is 42.7 Å². The van der Waals surface area contributed by atoms with Crippen LogP contribution in [-0.2, 0) is 11.3 Å². The topological polar surface area (TPSA) is 108 Å². The summed E-state index contributed by atoms with van der Waals surface area (Å²) in [6.45, 7) is 5.76. The van der Waals surface area contributed by atoms with Crippen molar-refractivity contribution in [3.8, 4) is 0 Å². The maximum atomic E-state index is 12.2. The number of hydrogen-bond donors (Lipinski definition) is 3. The van der Waals surface area contributed by atoms with E-state index in [1.54, 1.807) is 25.1 Å². The molecule has 0 bridgehead atoms. The summed E-state index contributed by atoms with van der Waals surface area (Å²) >= 11 is 0. The molecule has 0 aliphatic carbocycles. The lowest BCUT2D eigenvalue weighted by Gasteiger charge is -2.10. The van der Waals surface area contributed by atoms with E-state index in [2.05, 4.69) is 15.6 Å². The van der Waals surface area contributed by atoms with Gasteiger partial charge in [-0.1, -0.05) is 26.0 Å². The van der Waals surface area contributed by atoms with Crippen LogP contribution in [-0.4, -0.2) is 27.9 Å². The molecule has 142 valence electrons. The van der Waals surface area contributed by atoms with Crippen LogP contribution in [0.4, 0.5) is 5.69 Å². The number of aromatic nitrogens is 1. The zero-order valence-electron chi connectivity index (χ0n) is 15.6. The Kier molecular flexibility index (Phi) is 6.65. The molecule has 1 heterocycles. The standard InChI is InChI=1S/C20H23N3O4/c1-12(2)9-18(24)23-15-6-4-5-14(10-15)11-21-19(25)17-8-7-16(20(26)27)13(3)22-17/h4-8,10,12H,9,11H2,1-3H3,(H,21,25)(H,23,24)(H,26,27). The summed E-state index contributed by atoms with van der Waals surface area (Å²) in [6.07, 6.45) is 0.443. The maximum Gasteiger partial charge on any atom is 0.337 e. The first kappa shape index (κ1) is 20.1. The third-order valence-corrected chi connectivity index (χ3v) is 3.81. The van der Waals surface area contributed by atoms with Gasteiger partial charge in [0.1, 0.15) is 5.69 Å². The smallest absolute Gasteiger partial charge is 0.337 e. The lowest BCUT2D eigenvalue weighted by atomic mass is 10.1. The summed E-state index contributed by atoms with van der Waals surface area (Å²) in [7, 11) is 0. The van der Waals surface area contributed by atoms with Crippen LogP contribution in [0.3, 0.4) is 0 Å². The molecule has 0 saturated heterocycles. The number of carboxylic acids is 1. The first-order valence-electron chi connectivity index (χ1n) is 8.64. The quantitative estimate of drug-likeness (QED) is 0.695. The summed E-state index contributed by atoms with van der Waals surface area (Å²) in [5.74, 6) is -1.26.